The van der Waals surface area contributed by atoms with E-state index in [-0.39, 0.29) is 0 Å². The third kappa shape index (κ3) is 4.11. The summed E-state index contributed by atoms with van der Waals surface area (Å²) in [7, 11) is 0. The van der Waals surface area contributed by atoms with Crippen molar-refractivity contribution in [3.05, 3.63) is 20.3 Å². The number of nitrogens with one attached hydrogen (secondary N) is 1. The molecule has 1 aromatic heterocycles. The van der Waals surface area contributed by atoms with Crippen LogP contribution in [0.2, 0.25) is 8.67 Å². The van der Waals surface area contributed by atoms with Crippen molar-refractivity contribution in [1.29, 1.82) is 0 Å². The molecular weight excluding hydrogens is 275 g/mol. The quantitative estimate of drug-likeness (QED) is 0.892. The van der Waals surface area contributed by atoms with Crippen LogP contribution in [0.4, 0.5) is 0 Å². The number of hydrogen-bond acceptors (Lipinski definition) is 3. The van der Waals surface area contributed by atoms with E-state index in [0.717, 1.165) is 27.3 Å². The van der Waals surface area contributed by atoms with Crippen LogP contribution >= 0.6 is 34.5 Å². The van der Waals surface area contributed by atoms with Crippen molar-refractivity contribution in [2.24, 2.45) is 0 Å². The Kier molecular flexibility index (Phi) is 5.12. The largest absolute Gasteiger partial charge is 0.309 e. The van der Waals surface area contributed by atoms with Gasteiger partial charge in [-0.05, 0) is 44.5 Å². The fourth-order valence-electron chi connectivity index (χ4n) is 2.20. The lowest BCUT2D eigenvalue weighted by atomic mass is 10.2. The normalized spacial score (nSPS) is 18.8. The van der Waals surface area contributed by atoms with E-state index in [0.29, 0.717) is 6.04 Å². The van der Waals surface area contributed by atoms with Crippen LogP contribution in [0.3, 0.4) is 0 Å². The minimum absolute atomic E-state index is 0.489. The lowest BCUT2D eigenvalue weighted by molar-refractivity contribution is 0.298. The molecule has 1 saturated heterocycles. The summed E-state index contributed by atoms with van der Waals surface area (Å²) in [5.41, 5.74) is 1.11. The number of rotatable bonds is 5. The van der Waals surface area contributed by atoms with Gasteiger partial charge in [-0.3, -0.25) is 0 Å². The molecular formula is C12H18Cl2N2S. The van der Waals surface area contributed by atoms with Crippen LogP contribution in [0.1, 0.15) is 25.3 Å². The maximum atomic E-state index is 6.08. The van der Waals surface area contributed by atoms with Crippen molar-refractivity contribution in [2.45, 2.75) is 32.4 Å². The molecule has 1 N–H and O–H groups in total. The summed E-state index contributed by atoms with van der Waals surface area (Å²) in [6.07, 6.45) is 2.69. The van der Waals surface area contributed by atoms with Gasteiger partial charge in [-0.1, -0.05) is 23.2 Å². The first kappa shape index (κ1) is 13.6. The predicted octanol–water partition coefficient (Wildman–Crippen LogP) is 3.63. The molecule has 0 spiro atoms. The van der Waals surface area contributed by atoms with Crippen LogP contribution in [-0.4, -0.2) is 30.6 Å². The predicted molar refractivity (Wildman–Crippen MR) is 76.3 cm³/mol. The Morgan fingerprint density at radius 3 is 2.71 bits per heavy atom. The monoisotopic (exact) mass is 292 g/mol. The third-order valence-corrected chi connectivity index (χ3v) is 4.67. The standard InChI is InChI=1S/C12H18Cl2N2S/c1-9(8-16-4-2-3-5-16)15-7-10-6-11(13)17-12(10)14/h6,9,15H,2-5,7-8H2,1H3. The molecule has 5 heteroatoms. The number of thiophene rings is 1. The fraction of sp³-hybridized carbons (Fsp3) is 0.667. The summed E-state index contributed by atoms with van der Waals surface area (Å²) in [5, 5.41) is 3.50. The van der Waals surface area contributed by atoms with Crippen LogP contribution in [0.25, 0.3) is 0 Å². The maximum absolute atomic E-state index is 6.08. The Bertz CT molecular complexity index is 361. The van der Waals surface area contributed by atoms with E-state index in [4.69, 9.17) is 23.2 Å². The van der Waals surface area contributed by atoms with Gasteiger partial charge in [0.05, 0.1) is 8.67 Å². The summed E-state index contributed by atoms with van der Waals surface area (Å²) in [6.45, 7) is 6.64. The second kappa shape index (κ2) is 6.39. The van der Waals surface area contributed by atoms with Crippen LogP contribution in [0.15, 0.2) is 6.07 Å². The molecule has 1 unspecified atom stereocenters. The van der Waals surface area contributed by atoms with Crippen molar-refractivity contribution in [1.82, 2.24) is 10.2 Å². The van der Waals surface area contributed by atoms with Crippen LogP contribution in [0, 0.1) is 0 Å². The van der Waals surface area contributed by atoms with Crippen molar-refractivity contribution in [2.75, 3.05) is 19.6 Å². The summed E-state index contributed by atoms with van der Waals surface area (Å²) < 4.78 is 1.56. The summed E-state index contributed by atoms with van der Waals surface area (Å²) in [5.74, 6) is 0. The van der Waals surface area contributed by atoms with Gasteiger partial charge in [-0.15, -0.1) is 11.3 Å². The van der Waals surface area contributed by atoms with Gasteiger partial charge >= 0.3 is 0 Å². The summed E-state index contributed by atoms with van der Waals surface area (Å²) in [4.78, 5) is 2.51. The molecule has 2 nitrogen and oxygen atoms in total. The van der Waals surface area contributed by atoms with Crippen molar-refractivity contribution in [3.8, 4) is 0 Å². The van der Waals surface area contributed by atoms with Crippen LogP contribution < -0.4 is 5.32 Å². The zero-order valence-corrected chi connectivity index (χ0v) is 12.3. The molecule has 0 bridgehead atoms. The molecule has 96 valence electrons. The molecule has 0 saturated carbocycles. The van der Waals surface area contributed by atoms with Crippen LogP contribution in [-0.2, 0) is 6.54 Å². The highest BCUT2D eigenvalue weighted by Crippen LogP contribution is 2.30. The van der Waals surface area contributed by atoms with Gasteiger partial charge in [0.15, 0.2) is 0 Å². The van der Waals surface area contributed by atoms with Crippen molar-refractivity contribution in [3.63, 3.8) is 0 Å². The highest BCUT2D eigenvalue weighted by Gasteiger charge is 2.14. The van der Waals surface area contributed by atoms with E-state index in [1.165, 1.54) is 37.3 Å². The minimum atomic E-state index is 0.489. The molecule has 2 rings (SSSR count). The zero-order chi connectivity index (χ0) is 12.3. The molecule has 2 heterocycles. The van der Waals surface area contributed by atoms with Crippen LogP contribution in [0.5, 0.6) is 0 Å². The summed E-state index contributed by atoms with van der Waals surface area (Å²) in [6, 6.07) is 2.44. The average molecular weight is 293 g/mol. The first-order chi connectivity index (χ1) is 8.15. The number of halogens is 2. The van der Waals surface area contributed by atoms with Gasteiger partial charge < -0.3 is 10.2 Å². The van der Waals surface area contributed by atoms with E-state index < -0.39 is 0 Å². The molecule has 0 amide bonds. The SMILES string of the molecule is CC(CN1CCCC1)NCc1cc(Cl)sc1Cl. The van der Waals surface area contributed by atoms with E-state index in [1.54, 1.807) is 0 Å². The van der Waals surface area contributed by atoms with Gasteiger partial charge in [0.2, 0.25) is 0 Å². The molecule has 1 atom stereocenters. The van der Waals surface area contributed by atoms with E-state index in [2.05, 4.69) is 17.1 Å². The van der Waals surface area contributed by atoms with Gasteiger partial charge in [-0.2, -0.15) is 0 Å². The van der Waals surface area contributed by atoms with Gasteiger partial charge in [0, 0.05) is 19.1 Å². The smallest absolute Gasteiger partial charge is 0.0989 e. The molecule has 0 aliphatic carbocycles. The minimum Gasteiger partial charge on any atom is -0.309 e. The molecule has 1 aromatic rings. The van der Waals surface area contributed by atoms with Gasteiger partial charge in [-0.25, -0.2) is 0 Å². The van der Waals surface area contributed by atoms with Gasteiger partial charge in [0.25, 0.3) is 0 Å². The topological polar surface area (TPSA) is 15.3 Å². The zero-order valence-electron chi connectivity index (χ0n) is 10.0. The van der Waals surface area contributed by atoms with E-state index >= 15 is 0 Å². The first-order valence-electron chi connectivity index (χ1n) is 6.04. The Balaban J connectivity index is 1.75. The Hall–Kier alpha value is 0.200. The molecule has 1 aliphatic heterocycles. The fourth-order valence-corrected chi connectivity index (χ4v) is 3.68. The van der Waals surface area contributed by atoms with E-state index in [9.17, 15) is 0 Å². The lowest BCUT2D eigenvalue weighted by Gasteiger charge is -2.21. The molecule has 17 heavy (non-hydrogen) atoms. The number of nitrogens with zero attached hydrogens (tertiary/aromatic N) is 1. The van der Waals surface area contributed by atoms with Crippen molar-refractivity contribution >= 4 is 34.5 Å². The Morgan fingerprint density at radius 1 is 1.41 bits per heavy atom. The Labute approximate surface area is 117 Å². The Morgan fingerprint density at radius 2 is 2.12 bits per heavy atom. The second-order valence-electron chi connectivity index (χ2n) is 4.64. The summed E-state index contributed by atoms with van der Waals surface area (Å²) >= 11 is 13.4. The highest BCUT2D eigenvalue weighted by atomic mass is 35.5. The third-order valence-electron chi connectivity index (χ3n) is 3.10. The first-order valence-corrected chi connectivity index (χ1v) is 7.62. The molecule has 1 aliphatic rings. The molecule has 1 fully saturated rings. The van der Waals surface area contributed by atoms with Gasteiger partial charge in [0.1, 0.15) is 0 Å². The second-order valence-corrected chi connectivity index (χ2v) is 6.92. The average Bonchev–Trinajstić information content (AvgIpc) is 2.86. The number of likely N-dealkylation sites (tertiary alicyclic amines) is 1. The van der Waals surface area contributed by atoms with E-state index in [1.807, 2.05) is 6.07 Å². The highest BCUT2D eigenvalue weighted by molar-refractivity contribution is 7.20. The lowest BCUT2D eigenvalue weighted by Crippen LogP contribution is -2.37. The van der Waals surface area contributed by atoms with Crippen molar-refractivity contribution < 1.29 is 0 Å². The number of hydrogen-bond donors (Lipinski definition) is 1. The molecule has 0 radical (unpaired) electrons. The molecule has 0 aromatic carbocycles. The maximum Gasteiger partial charge on any atom is 0.0989 e.